The molecule has 0 atom stereocenters. The van der Waals surface area contributed by atoms with Crippen LogP contribution in [0, 0.1) is 0 Å². The van der Waals surface area contributed by atoms with Crippen LogP contribution in [0.1, 0.15) is 5.56 Å². The van der Waals surface area contributed by atoms with Crippen molar-refractivity contribution < 1.29 is 0 Å². The summed E-state index contributed by atoms with van der Waals surface area (Å²) < 4.78 is 0. The SMILES string of the molecule is Clc1ccc(Cn2nnc(-c3ccncc3)n2)c(Cl)c1. The van der Waals surface area contributed by atoms with E-state index in [9.17, 15) is 0 Å². The predicted octanol–water partition coefficient (Wildman–Crippen LogP) is 3.09. The van der Waals surface area contributed by atoms with E-state index in [2.05, 4.69) is 20.4 Å². The summed E-state index contributed by atoms with van der Waals surface area (Å²) in [5, 5.41) is 13.5. The van der Waals surface area contributed by atoms with Gasteiger partial charge < -0.3 is 0 Å². The maximum Gasteiger partial charge on any atom is 0.205 e. The highest BCUT2D eigenvalue weighted by Crippen LogP contribution is 2.21. The van der Waals surface area contributed by atoms with Gasteiger partial charge in [0, 0.05) is 28.0 Å². The number of nitrogens with zero attached hydrogens (tertiary/aromatic N) is 5. The Labute approximate surface area is 125 Å². The van der Waals surface area contributed by atoms with E-state index in [1.807, 2.05) is 18.2 Å². The molecule has 0 spiro atoms. The number of pyridine rings is 1. The number of rotatable bonds is 3. The first-order chi connectivity index (χ1) is 9.72. The molecule has 0 unspecified atom stereocenters. The molecule has 0 radical (unpaired) electrons. The molecule has 0 aliphatic rings. The molecule has 0 saturated heterocycles. The zero-order valence-corrected chi connectivity index (χ0v) is 11.8. The number of hydrogen-bond acceptors (Lipinski definition) is 4. The molecular weight excluding hydrogens is 297 g/mol. The third-order valence-electron chi connectivity index (χ3n) is 2.72. The largest absolute Gasteiger partial charge is 0.265 e. The Bertz CT molecular complexity index is 727. The average molecular weight is 306 g/mol. The van der Waals surface area contributed by atoms with Crippen molar-refractivity contribution in [3.63, 3.8) is 0 Å². The van der Waals surface area contributed by atoms with E-state index < -0.39 is 0 Å². The fourth-order valence-electron chi connectivity index (χ4n) is 1.73. The van der Waals surface area contributed by atoms with Crippen molar-refractivity contribution in [3.8, 4) is 11.4 Å². The smallest absolute Gasteiger partial charge is 0.205 e. The van der Waals surface area contributed by atoms with Crippen molar-refractivity contribution in [1.29, 1.82) is 0 Å². The lowest BCUT2D eigenvalue weighted by molar-refractivity contribution is 0.573. The number of hydrogen-bond donors (Lipinski definition) is 0. The van der Waals surface area contributed by atoms with Crippen LogP contribution < -0.4 is 0 Å². The maximum absolute atomic E-state index is 6.12. The van der Waals surface area contributed by atoms with Crippen LogP contribution in [-0.4, -0.2) is 25.2 Å². The number of benzene rings is 1. The Morgan fingerprint density at radius 1 is 1.05 bits per heavy atom. The second kappa shape index (κ2) is 5.56. The summed E-state index contributed by atoms with van der Waals surface area (Å²) in [6.45, 7) is 0.439. The van der Waals surface area contributed by atoms with Gasteiger partial charge >= 0.3 is 0 Å². The molecule has 7 heteroatoms. The van der Waals surface area contributed by atoms with Gasteiger partial charge in [-0.15, -0.1) is 10.2 Å². The average Bonchev–Trinajstić information content (AvgIpc) is 2.92. The van der Waals surface area contributed by atoms with E-state index in [0.717, 1.165) is 11.1 Å². The van der Waals surface area contributed by atoms with Gasteiger partial charge in [0.1, 0.15) is 0 Å². The fraction of sp³-hybridized carbons (Fsp3) is 0.0769. The van der Waals surface area contributed by atoms with E-state index in [4.69, 9.17) is 23.2 Å². The van der Waals surface area contributed by atoms with Gasteiger partial charge in [-0.25, -0.2) is 0 Å². The molecule has 2 heterocycles. The molecule has 0 aliphatic carbocycles. The monoisotopic (exact) mass is 305 g/mol. The van der Waals surface area contributed by atoms with Crippen LogP contribution in [0.4, 0.5) is 0 Å². The van der Waals surface area contributed by atoms with Crippen LogP contribution in [0.3, 0.4) is 0 Å². The highest BCUT2D eigenvalue weighted by molar-refractivity contribution is 6.35. The number of halogens is 2. The lowest BCUT2D eigenvalue weighted by atomic mass is 10.2. The van der Waals surface area contributed by atoms with Crippen LogP contribution in [0.25, 0.3) is 11.4 Å². The molecule has 20 heavy (non-hydrogen) atoms. The molecular formula is C13H9Cl2N5. The van der Waals surface area contributed by atoms with Crippen molar-refractivity contribution in [2.45, 2.75) is 6.54 Å². The first-order valence-corrected chi connectivity index (χ1v) is 6.60. The van der Waals surface area contributed by atoms with Gasteiger partial charge in [0.15, 0.2) is 0 Å². The summed E-state index contributed by atoms with van der Waals surface area (Å²) in [6, 6.07) is 8.98. The van der Waals surface area contributed by atoms with E-state index in [-0.39, 0.29) is 0 Å². The summed E-state index contributed by atoms with van der Waals surface area (Å²) in [4.78, 5) is 5.44. The van der Waals surface area contributed by atoms with E-state index >= 15 is 0 Å². The van der Waals surface area contributed by atoms with Gasteiger partial charge in [0.2, 0.25) is 5.82 Å². The zero-order valence-electron chi connectivity index (χ0n) is 10.2. The van der Waals surface area contributed by atoms with E-state index in [1.165, 1.54) is 4.80 Å². The molecule has 0 fully saturated rings. The molecule has 0 aliphatic heterocycles. The molecule has 100 valence electrons. The first-order valence-electron chi connectivity index (χ1n) is 5.84. The van der Waals surface area contributed by atoms with E-state index in [0.29, 0.717) is 22.4 Å². The van der Waals surface area contributed by atoms with Gasteiger partial charge in [-0.05, 0) is 35.0 Å². The van der Waals surface area contributed by atoms with Gasteiger partial charge in [-0.1, -0.05) is 29.3 Å². The number of aromatic nitrogens is 5. The maximum atomic E-state index is 6.12. The Hall–Kier alpha value is -1.98. The van der Waals surface area contributed by atoms with Crippen molar-refractivity contribution in [2.24, 2.45) is 0 Å². The molecule has 0 bridgehead atoms. The topological polar surface area (TPSA) is 56.5 Å². The Kier molecular flexibility index (Phi) is 3.62. The normalized spacial score (nSPS) is 10.7. The fourth-order valence-corrected chi connectivity index (χ4v) is 2.20. The van der Waals surface area contributed by atoms with Crippen LogP contribution >= 0.6 is 23.2 Å². The van der Waals surface area contributed by atoms with Crippen LogP contribution in [0.2, 0.25) is 10.0 Å². The molecule has 0 amide bonds. The first kappa shape index (κ1) is 13.0. The van der Waals surface area contributed by atoms with Crippen molar-refractivity contribution in [1.82, 2.24) is 25.2 Å². The van der Waals surface area contributed by atoms with Gasteiger partial charge in [0.25, 0.3) is 0 Å². The second-order valence-electron chi connectivity index (χ2n) is 4.12. The molecule has 3 rings (SSSR count). The molecule has 5 nitrogen and oxygen atoms in total. The Morgan fingerprint density at radius 2 is 1.85 bits per heavy atom. The Balaban J connectivity index is 1.84. The quantitative estimate of drug-likeness (QED) is 0.746. The minimum Gasteiger partial charge on any atom is -0.265 e. The molecule has 1 aromatic carbocycles. The molecule has 0 N–H and O–H groups in total. The summed E-state index contributed by atoms with van der Waals surface area (Å²) in [5.74, 6) is 0.553. The lowest BCUT2D eigenvalue weighted by Crippen LogP contribution is -2.04. The van der Waals surface area contributed by atoms with Crippen LogP contribution in [0.5, 0.6) is 0 Å². The molecule has 2 aromatic heterocycles. The van der Waals surface area contributed by atoms with Crippen molar-refractivity contribution in [2.75, 3.05) is 0 Å². The molecule has 0 saturated carbocycles. The summed E-state index contributed by atoms with van der Waals surface area (Å²) in [7, 11) is 0. The second-order valence-corrected chi connectivity index (χ2v) is 4.96. The number of tetrazole rings is 1. The highest BCUT2D eigenvalue weighted by Gasteiger charge is 2.08. The van der Waals surface area contributed by atoms with Gasteiger partial charge in [0.05, 0.1) is 6.54 Å². The Morgan fingerprint density at radius 3 is 2.60 bits per heavy atom. The van der Waals surface area contributed by atoms with Crippen molar-refractivity contribution in [3.05, 3.63) is 58.3 Å². The lowest BCUT2D eigenvalue weighted by Gasteiger charge is -2.02. The minimum absolute atomic E-state index is 0.439. The highest BCUT2D eigenvalue weighted by atomic mass is 35.5. The van der Waals surface area contributed by atoms with Crippen LogP contribution in [0.15, 0.2) is 42.7 Å². The van der Waals surface area contributed by atoms with Gasteiger partial charge in [-0.2, -0.15) is 4.80 Å². The predicted molar refractivity (Wildman–Crippen MR) is 76.6 cm³/mol. The van der Waals surface area contributed by atoms with Crippen molar-refractivity contribution >= 4 is 23.2 Å². The third-order valence-corrected chi connectivity index (χ3v) is 3.31. The zero-order chi connectivity index (χ0) is 13.9. The summed E-state index contributed by atoms with van der Waals surface area (Å²) in [6.07, 6.45) is 3.37. The van der Waals surface area contributed by atoms with Gasteiger partial charge in [-0.3, -0.25) is 4.98 Å². The standard InChI is InChI=1S/C13H9Cl2N5/c14-11-2-1-10(12(15)7-11)8-20-18-13(17-19-20)9-3-5-16-6-4-9/h1-7H,8H2. The minimum atomic E-state index is 0.439. The summed E-state index contributed by atoms with van der Waals surface area (Å²) in [5.41, 5.74) is 1.75. The van der Waals surface area contributed by atoms with E-state index in [1.54, 1.807) is 24.5 Å². The summed E-state index contributed by atoms with van der Waals surface area (Å²) >= 11 is 12.0. The van der Waals surface area contributed by atoms with Crippen LogP contribution in [-0.2, 0) is 6.54 Å². The molecule has 3 aromatic rings. The third kappa shape index (κ3) is 2.79.